The lowest BCUT2D eigenvalue weighted by Crippen LogP contribution is -2.22. The number of para-hydroxylation sites is 1. The summed E-state index contributed by atoms with van der Waals surface area (Å²) >= 11 is 0. The molecule has 2 fully saturated rings. The summed E-state index contributed by atoms with van der Waals surface area (Å²) in [6.07, 6.45) is 10.0. The maximum atomic E-state index is 15.1. The minimum atomic E-state index is -0.311. The fourth-order valence-corrected chi connectivity index (χ4v) is 5.71. The van der Waals surface area contributed by atoms with Gasteiger partial charge in [0.25, 0.3) is 0 Å². The van der Waals surface area contributed by atoms with Crippen molar-refractivity contribution in [1.29, 1.82) is 0 Å². The van der Waals surface area contributed by atoms with Crippen LogP contribution in [0.1, 0.15) is 36.1 Å². The highest BCUT2D eigenvalue weighted by Gasteiger charge is 2.49. The van der Waals surface area contributed by atoms with Crippen molar-refractivity contribution in [3.63, 3.8) is 0 Å². The van der Waals surface area contributed by atoms with Crippen LogP contribution in [0.3, 0.4) is 0 Å². The number of likely N-dealkylation sites (tertiary alicyclic amines) is 1. The van der Waals surface area contributed by atoms with Crippen LogP contribution in [0.25, 0.3) is 27.8 Å². The minimum absolute atomic E-state index is 0.150. The number of benzene rings is 2. The van der Waals surface area contributed by atoms with Crippen LogP contribution in [0.4, 0.5) is 4.39 Å². The summed E-state index contributed by atoms with van der Waals surface area (Å²) in [5.41, 5.74) is 5.46. The smallest absolute Gasteiger partial charge is 0.233 e. The van der Waals surface area contributed by atoms with Gasteiger partial charge in [-0.2, -0.15) is 0 Å². The van der Waals surface area contributed by atoms with E-state index >= 15 is 4.39 Å². The third kappa shape index (κ3) is 3.50. The predicted molar refractivity (Wildman–Crippen MR) is 136 cm³/mol. The number of β-amino-alcohol motifs (C(OH)–C–C–N with tert-alkyl or cyclic N) is 1. The highest BCUT2D eigenvalue weighted by atomic mass is 19.1. The lowest BCUT2D eigenvalue weighted by molar-refractivity contribution is 0.174. The third-order valence-electron chi connectivity index (χ3n) is 7.78. The summed E-state index contributed by atoms with van der Waals surface area (Å²) in [7, 11) is 0. The normalized spacial score (nSPS) is 19.3. The maximum absolute atomic E-state index is 15.1. The number of hydrogen-bond donors (Lipinski definition) is 1. The molecule has 1 aliphatic carbocycles. The van der Waals surface area contributed by atoms with Crippen molar-refractivity contribution in [3.8, 4) is 11.1 Å². The molecule has 2 aromatic carbocycles. The molecule has 7 heteroatoms. The number of nitrogens with zero attached hydrogens (tertiary/aromatic N) is 5. The first-order chi connectivity index (χ1) is 17.6. The van der Waals surface area contributed by atoms with Gasteiger partial charge in [-0.1, -0.05) is 36.4 Å². The van der Waals surface area contributed by atoms with Gasteiger partial charge in [0.05, 0.1) is 23.5 Å². The number of rotatable bonds is 5. The molecule has 0 spiro atoms. The van der Waals surface area contributed by atoms with E-state index in [1.165, 1.54) is 5.56 Å². The average Bonchev–Trinajstić information content (AvgIpc) is 3.41. The molecule has 1 atom stereocenters. The van der Waals surface area contributed by atoms with Crippen molar-refractivity contribution in [3.05, 3.63) is 96.0 Å². The van der Waals surface area contributed by atoms with Crippen LogP contribution < -0.4 is 0 Å². The van der Waals surface area contributed by atoms with Crippen LogP contribution in [0.2, 0.25) is 0 Å². The molecule has 6 nitrogen and oxygen atoms in total. The van der Waals surface area contributed by atoms with E-state index in [1.807, 2.05) is 36.8 Å². The van der Waals surface area contributed by atoms with Crippen LogP contribution in [0, 0.1) is 5.82 Å². The molecule has 7 rings (SSSR count). The van der Waals surface area contributed by atoms with Crippen molar-refractivity contribution in [2.45, 2.75) is 37.3 Å². The predicted octanol–water partition coefficient (Wildman–Crippen LogP) is 4.73. The molecule has 180 valence electrons. The van der Waals surface area contributed by atoms with Gasteiger partial charge in [0.15, 0.2) is 0 Å². The second-order valence-corrected chi connectivity index (χ2v) is 10.1. The Labute approximate surface area is 208 Å². The topological polar surface area (TPSA) is 66.5 Å². The molecule has 3 aromatic heterocycles. The maximum Gasteiger partial charge on any atom is 0.233 e. The fourth-order valence-electron chi connectivity index (χ4n) is 5.71. The zero-order valence-electron chi connectivity index (χ0n) is 19.8. The summed E-state index contributed by atoms with van der Waals surface area (Å²) in [6.45, 7) is 1.90. The standard InChI is InChI=1S/C29H26FN5O/c30-25-13-20(6-7-21(25)16-34-12-8-23(36)18-34)22-14-32-28-33-15-26(35(28)17-22)29(9-10-29)24-5-1-3-19-4-2-11-31-27(19)24/h1-7,11,13-15,17,23,36H,8-10,12,16,18H2/t23-/m1/s1. The Kier molecular flexibility index (Phi) is 4.91. The Balaban J connectivity index is 1.26. The first kappa shape index (κ1) is 21.6. The summed E-state index contributed by atoms with van der Waals surface area (Å²) in [6, 6.07) is 15.8. The molecule has 1 saturated heterocycles. The molecule has 1 N–H and O–H groups in total. The van der Waals surface area contributed by atoms with Crippen LogP contribution in [-0.2, 0) is 12.0 Å². The van der Waals surface area contributed by atoms with E-state index in [0.717, 1.165) is 53.5 Å². The molecule has 5 aromatic rings. The van der Waals surface area contributed by atoms with Gasteiger partial charge in [-0.15, -0.1) is 0 Å². The molecule has 0 bridgehead atoms. The van der Waals surface area contributed by atoms with Gasteiger partial charge in [0, 0.05) is 60.2 Å². The summed E-state index contributed by atoms with van der Waals surface area (Å²) in [5, 5.41) is 10.9. The average molecular weight is 480 g/mol. The number of fused-ring (bicyclic) bond motifs is 2. The summed E-state index contributed by atoms with van der Waals surface area (Å²) in [4.78, 5) is 16.0. The Morgan fingerprint density at radius 2 is 1.86 bits per heavy atom. The number of halogens is 1. The first-order valence-corrected chi connectivity index (χ1v) is 12.5. The minimum Gasteiger partial charge on any atom is -0.392 e. The molecular formula is C29H26FN5O. The molecular weight excluding hydrogens is 453 g/mol. The second-order valence-electron chi connectivity index (χ2n) is 10.1. The van der Waals surface area contributed by atoms with Gasteiger partial charge in [-0.05, 0) is 42.5 Å². The van der Waals surface area contributed by atoms with Gasteiger partial charge >= 0.3 is 0 Å². The van der Waals surface area contributed by atoms with Gasteiger partial charge in [0.2, 0.25) is 5.78 Å². The zero-order valence-corrected chi connectivity index (χ0v) is 19.8. The van der Waals surface area contributed by atoms with Crippen LogP contribution >= 0.6 is 0 Å². The Morgan fingerprint density at radius 1 is 1.00 bits per heavy atom. The van der Waals surface area contributed by atoms with E-state index in [0.29, 0.717) is 24.4 Å². The van der Waals surface area contributed by atoms with E-state index < -0.39 is 0 Å². The van der Waals surface area contributed by atoms with Gasteiger partial charge in [-0.25, -0.2) is 14.4 Å². The molecule has 4 heterocycles. The quantitative estimate of drug-likeness (QED) is 0.395. The Hall–Kier alpha value is -3.68. The first-order valence-electron chi connectivity index (χ1n) is 12.5. The molecule has 0 amide bonds. The highest BCUT2D eigenvalue weighted by Crippen LogP contribution is 2.54. The SMILES string of the molecule is O[C@@H]1CCN(Cc2ccc(-c3cnc4ncc(C5(c6cccc7cccnc67)CC5)n4c3)cc2F)C1. The second kappa shape index (κ2) is 8.18. The lowest BCUT2D eigenvalue weighted by Gasteiger charge is -2.18. The number of pyridine rings is 1. The van der Waals surface area contributed by atoms with E-state index in [1.54, 1.807) is 12.3 Å². The van der Waals surface area contributed by atoms with Crippen LogP contribution in [0.15, 0.2) is 73.3 Å². The number of aliphatic hydroxyl groups is 1. The lowest BCUT2D eigenvalue weighted by atomic mass is 9.90. The van der Waals surface area contributed by atoms with Crippen LogP contribution in [-0.4, -0.2) is 48.6 Å². The van der Waals surface area contributed by atoms with Crippen molar-refractivity contribution in [2.75, 3.05) is 13.1 Å². The third-order valence-corrected chi connectivity index (χ3v) is 7.78. The van der Waals surface area contributed by atoms with E-state index in [-0.39, 0.29) is 17.3 Å². The largest absolute Gasteiger partial charge is 0.392 e. The van der Waals surface area contributed by atoms with Crippen molar-refractivity contribution in [2.24, 2.45) is 0 Å². The van der Waals surface area contributed by atoms with Gasteiger partial charge in [-0.3, -0.25) is 14.3 Å². The number of imidazole rings is 1. The molecule has 2 aliphatic rings. The van der Waals surface area contributed by atoms with Crippen molar-refractivity contribution >= 4 is 16.7 Å². The Bertz CT molecular complexity index is 1600. The summed E-state index contributed by atoms with van der Waals surface area (Å²) < 4.78 is 17.1. The number of aromatic nitrogens is 4. The Morgan fingerprint density at radius 3 is 2.67 bits per heavy atom. The summed E-state index contributed by atoms with van der Waals surface area (Å²) in [5.74, 6) is 0.401. The van der Waals surface area contributed by atoms with Gasteiger partial charge in [0.1, 0.15) is 5.82 Å². The van der Waals surface area contributed by atoms with E-state index in [9.17, 15) is 5.11 Å². The van der Waals surface area contributed by atoms with Crippen molar-refractivity contribution in [1.82, 2.24) is 24.3 Å². The molecule has 0 radical (unpaired) electrons. The van der Waals surface area contributed by atoms with Gasteiger partial charge < -0.3 is 5.11 Å². The molecule has 1 aliphatic heterocycles. The molecule has 36 heavy (non-hydrogen) atoms. The number of hydrogen-bond acceptors (Lipinski definition) is 5. The monoisotopic (exact) mass is 479 g/mol. The van der Waals surface area contributed by atoms with E-state index in [2.05, 4.69) is 43.5 Å². The van der Waals surface area contributed by atoms with Crippen molar-refractivity contribution < 1.29 is 9.50 Å². The zero-order chi connectivity index (χ0) is 24.3. The number of aliphatic hydroxyl groups excluding tert-OH is 1. The molecule has 0 unspecified atom stereocenters. The molecule has 1 saturated carbocycles. The highest BCUT2D eigenvalue weighted by molar-refractivity contribution is 5.84. The van der Waals surface area contributed by atoms with Crippen LogP contribution in [0.5, 0.6) is 0 Å². The van der Waals surface area contributed by atoms with E-state index in [4.69, 9.17) is 4.98 Å². The fraction of sp³-hybridized carbons (Fsp3) is 0.276.